The van der Waals surface area contributed by atoms with Crippen molar-refractivity contribution < 1.29 is 0 Å². The van der Waals surface area contributed by atoms with Gasteiger partial charge in [0.25, 0.3) is 0 Å². The van der Waals surface area contributed by atoms with Crippen LogP contribution in [0.15, 0.2) is 42.5 Å². The summed E-state index contributed by atoms with van der Waals surface area (Å²) in [7, 11) is 0. The number of hydrogen-bond acceptors (Lipinski definition) is 3. The Morgan fingerprint density at radius 2 is 1.67 bits per heavy atom. The van der Waals surface area contributed by atoms with E-state index in [1.165, 1.54) is 11.1 Å². The zero-order valence-electron chi connectivity index (χ0n) is 14.9. The number of aryl methyl sites for hydroxylation is 1. The SMILES string of the molecule is CCCNc1ccc(C(C)C)cc1C(S)=C(S)c1ccc(C)cc1. The molecule has 0 saturated heterocycles. The molecule has 0 aliphatic carbocycles. The predicted molar refractivity (Wildman–Crippen MR) is 115 cm³/mol. The van der Waals surface area contributed by atoms with Gasteiger partial charge in [-0.1, -0.05) is 56.7 Å². The zero-order valence-corrected chi connectivity index (χ0v) is 16.7. The molecule has 0 bridgehead atoms. The van der Waals surface area contributed by atoms with Gasteiger partial charge >= 0.3 is 0 Å². The molecule has 128 valence electrons. The van der Waals surface area contributed by atoms with E-state index in [1.807, 2.05) is 0 Å². The molecule has 0 saturated carbocycles. The number of hydrogen-bond donors (Lipinski definition) is 3. The highest BCUT2D eigenvalue weighted by Gasteiger charge is 2.12. The van der Waals surface area contributed by atoms with Crippen LogP contribution in [-0.4, -0.2) is 6.54 Å². The number of rotatable bonds is 6. The predicted octanol–water partition coefficient (Wildman–Crippen LogP) is 6.63. The molecule has 1 nitrogen and oxygen atoms in total. The zero-order chi connectivity index (χ0) is 17.7. The van der Waals surface area contributed by atoms with Crippen LogP contribution in [0.2, 0.25) is 0 Å². The van der Waals surface area contributed by atoms with Crippen molar-refractivity contribution in [3.8, 4) is 0 Å². The summed E-state index contributed by atoms with van der Waals surface area (Å²) in [4.78, 5) is 1.81. The first-order valence-electron chi connectivity index (χ1n) is 8.51. The maximum atomic E-state index is 4.82. The lowest BCUT2D eigenvalue weighted by Crippen LogP contribution is -2.03. The van der Waals surface area contributed by atoms with Gasteiger partial charge < -0.3 is 5.32 Å². The largest absolute Gasteiger partial charge is 0.385 e. The highest BCUT2D eigenvalue weighted by atomic mass is 32.1. The van der Waals surface area contributed by atoms with Gasteiger partial charge in [0, 0.05) is 27.6 Å². The van der Waals surface area contributed by atoms with E-state index in [-0.39, 0.29) is 0 Å². The van der Waals surface area contributed by atoms with E-state index in [1.54, 1.807) is 0 Å². The molecule has 2 aromatic rings. The molecule has 0 amide bonds. The first-order chi connectivity index (χ1) is 11.4. The van der Waals surface area contributed by atoms with Crippen LogP contribution in [0.1, 0.15) is 55.4 Å². The Hall–Kier alpha value is -1.32. The molecular formula is C21H27NS2. The molecule has 0 aliphatic heterocycles. The molecule has 0 radical (unpaired) electrons. The van der Waals surface area contributed by atoms with Crippen molar-refractivity contribution in [1.29, 1.82) is 0 Å². The smallest absolute Gasteiger partial charge is 0.0425 e. The van der Waals surface area contributed by atoms with Crippen LogP contribution in [-0.2, 0) is 0 Å². The molecule has 0 heterocycles. The van der Waals surface area contributed by atoms with Gasteiger partial charge in [-0.15, -0.1) is 25.3 Å². The van der Waals surface area contributed by atoms with Gasteiger partial charge in [-0.25, -0.2) is 0 Å². The van der Waals surface area contributed by atoms with Gasteiger partial charge in [0.1, 0.15) is 0 Å². The van der Waals surface area contributed by atoms with Crippen molar-refractivity contribution in [2.24, 2.45) is 0 Å². The molecule has 0 aromatic heterocycles. The van der Waals surface area contributed by atoms with Crippen LogP contribution in [0.25, 0.3) is 9.81 Å². The van der Waals surface area contributed by atoms with E-state index in [9.17, 15) is 0 Å². The maximum absolute atomic E-state index is 4.82. The molecule has 0 atom stereocenters. The third-order valence-corrected chi connectivity index (χ3v) is 5.20. The van der Waals surface area contributed by atoms with E-state index < -0.39 is 0 Å². The van der Waals surface area contributed by atoms with Crippen molar-refractivity contribution in [2.45, 2.75) is 40.0 Å². The third kappa shape index (κ3) is 4.61. The van der Waals surface area contributed by atoms with Crippen LogP contribution < -0.4 is 5.32 Å². The van der Waals surface area contributed by atoms with Crippen molar-refractivity contribution in [3.63, 3.8) is 0 Å². The van der Waals surface area contributed by atoms with E-state index in [0.717, 1.165) is 39.6 Å². The van der Waals surface area contributed by atoms with Crippen LogP contribution in [0.3, 0.4) is 0 Å². The summed E-state index contributed by atoms with van der Waals surface area (Å²) in [6.07, 6.45) is 1.09. The Morgan fingerprint density at radius 1 is 1.00 bits per heavy atom. The molecule has 1 N–H and O–H groups in total. The topological polar surface area (TPSA) is 12.0 Å². The summed E-state index contributed by atoms with van der Waals surface area (Å²) in [5.41, 5.74) is 5.87. The van der Waals surface area contributed by atoms with Crippen LogP contribution in [0, 0.1) is 6.92 Å². The molecule has 3 heteroatoms. The van der Waals surface area contributed by atoms with E-state index in [0.29, 0.717) is 5.92 Å². The lowest BCUT2D eigenvalue weighted by atomic mass is 9.98. The van der Waals surface area contributed by atoms with E-state index in [4.69, 9.17) is 25.3 Å². The summed E-state index contributed by atoms with van der Waals surface area (Å²) in [6, 6.07) is 15.0. The first-order valence-corrected chi connectivity index (χ1v) is 9.41. The van der Waals surface area contributed by atoms with E-state index >= 15 is 0 Å². The second-order valence-corrected chi connectivity index (χ2v) is 7.34. The quantitative estimate of drug-likeness (QED) is 0.389. The van der Waals surface area contributed by atoms with E-state index in [2.05, 4.69) is 75.5 Å². The van der Waals surface area contributed by atoms with Gasteiger partial charge in [0.05, 0.1) is 0 Å². The molecule has 2 aromatic carbocycles. The van der Waals surface area contributed by atoms with Crippen molar-refractivity contribution >= 4 is 40.8 Å². The Bertz CT molecular complexity index is 715. The normalized spacial score (nSPS) is 12.3. The number of anilines is 1. The third-order valence-electron chi connectivity index (χ3n) is 4.08. The lowest BCUT2D eigenvalue weighted by Gasteiger charge is -2.17. The van der Waals surface area contributed by atoms with Crippen LogP contribution >= 0.6 is 25.3 Å². The highest BCUT2D eigenvalue weighted by molar-refractivity contribution is 7.96. The molecule has 0 aliphatic rings. The fourth-order valence-corrected chi connectivity index (χ4v) is 3.09. The van der Waals surface area contributed by atoms with Gasteiger partial charge in [-0.3, -0.25) is 0 Å². The second kappa shape index (κ2) is 8.68. The van der Waals surface area contributed by atoms with Gasteiger partial charge in [-0.05, 0) is 42.5 Å². The molecule has 2 rings (SSSR count). The van der Waals surface area contributed by atoms with Crippen LogP contribution in [0.5, 0.6) is 0 Å². The summed E-state index contributed by atoms with van der Waals surface area (Å²) in [5, 5.41) is 3.51. The van der Waals surface area contributed by atoms with Gasteiger partial charge in [-0.2, -0.15) is 0 Å². The Balaban J connectivity index is 2.51. The van der Waals surface area contributed by atoms with Gasteiger partial charge in [0.2, 0.25) is 0 Å². The Kier molecular flexibility index (Phi) is 6.88. The number of thiol groups is 2. The minimum atomic E-state index is 0.479. The minimum absolute atomic E-state index is 0.479. The molecule has 24 heavy (non-hydrogen) atoms. The molecule has 0 fully saturated rings. The minimum Gasteiger partial charge on any atom is -0.385 e. The second-order valence-electron chi connectivity index (χ2n) is 6.45. The summed E-state index contributed by atoms with van der Waals surface area (Å²) < 4.78 is 0. The monoisotopic (exact) mass is 357 g/mol. The summed E-state index contributed by atoms with van der Waals surface area (Å²) in [5.74, 6) is 0.479. The maximum Gasteiger partial charge on any atom is 0.0425 e. The number of nitrogens with one attached hydrogen (secondary N) is 1. The summed E-state index contributed by atoms with van der Waals surface area (Å²) >= 11 is 9.58. The van der Waals surface area contributed by atoms with Crippen molar-refractivity contribution in [3.05, 3.63) is 64.7 Å². The van der Waals surface area contributed by atoms with Gasteiger partial charge in [0.15, 0.2) is 0 Å². The lowest BCUT2D eigenvalue weighted by molar-refractivity contribution is 0.866. The van der Waals surface area contributed by atoms with Crippen molar-refractivity contribution in [1.82, 2.24) is 0 Å². The average Bonchev–Trinajstić information content (AvgIpc) is 2.59. The fraction of sp³-hybridized carbons (Fsp3) is 0.333. The highest BCUT2D eigenvalue weighted by Crippen LogP contribution is 2.37. The first kappa shape index (κ1) is 19.0. The fourth-order valence-electron chi connectivity index (χ4n) is 2.51. The molecule has 0 spiro atoms. The molecular weight excluding hydrogens is 330 g/mol. The Morgan fingerprint density at radius 3 is 2.25 bits per heavy atom. The summed E-state index contributed by atoms with van der Waals surface area (Å²) in [6.45, 7) is 9.63. The number of benzene rings is 2. The van der Waals surface area contributed by atoms with Crippen molar-refractivity contribution in [2.75, 3.05) is 11.9 Å². The Labute approximate surface area is 157 Å². The molecule has 0 unspecified atom stereocenters. The average molecular weight is 358 g/mol. The standard InChI is InChI=1S/C21H27NS2/c1-5-12-22-19-11-10-17(14(2)3)13-18(19)21(24)20(23)16-8-6-15(4)7-9-16/h6-11,13-14,22-24H,5,12H2,1-4H3. The van der Waals surface area contributed by atoms with Crippen LogP contribution in [0.4, 0.5) is 5.69 Å².